The summed E-state index contributed by atoms with van der Waals surface area (Å²) < 4.78 is 2.04. The third kappa shape index (κ3) is 2.03. The van der Waals surface area contributed by atoms with Crippen LogP contribution in [0.15, 0.2) is 6.07 Å². The van der Waals surface area contributed by atoms with Crippen LogP contribution in [0.5, 0.6) is 0 Å². The standard InChI is InChI=1S/C11H17N3O/c1-9(2)11-6-10-7-13(8-15)4-3-5-14(10)12-11/h6,8-9H,3-5,7H2,1-2H3. The lowest BCUT2D eigenvalue weighted by atomic mass is 10.1. The van der Waals surface area contributed by atoms with Gasteiger partial charge in [-0.25, -0.2) is 0 Å². The molecular weight excluding hydrogens is 190 g/mol. The molecule has 1 aromatic heterocycles. The second-order valence-corrected chi connectivity index (χ2v) is 4.37. The number of hydrogen-bond acceptors (Lipinski definition) is 2. The van der Waals surface area contributed by atoms with E-state index in [9.17, 15) is 4.79 Å². The zero-order chi connectivity index (χ0) is 10.8. The molecule has 0 saturated carbocycles. The molecule has 0 aliphatic carbocycles. The van der Waals surface area contributed by atoms with Crippen LogP contribution in [-0.4, -0.2) is 27.6 Å². The molecule has 2 rings (SSSR count). The van der Waals surface area contributed by atoms with Gasteiger partial charge in [-0.15, -0.1) is 0 Å². The number of carbonyl (C=O) groups is 1. The van der Waals surface area contributed by atoms with Crippen molar-refractivity contribution in [2.75, 3.05) is 6.54 Å². The van der Waals surface area contributed by atoms with Crippen LogP contribution in [0.3, 0.4) is 0 Å². The molecule has 15 heavy (non-hydrogen) atoms. The fourth-order valence-electron chi connectivity index (χ4n) is 1.88. The normalized spacial score (nSPS) is 16.3. The van der Waals surface area contributed by atoms with E-state index in [1.54, 1.807) is 0 Å². The Labute approximate surface area is 89.9 Å². The van der Waals surface area contributed by atoms with Crippen LogP contribution in [-0.2, 0) is 17.9 Å². The lowest BCUT2D eigenvalue weighted by molar-refractivity contribution is -0.118. The molecule has 1 aromatic rings. The number of nitrogens with zero attached hydrogens (tertiary/aromatic N) is 3. The summed E-state index contributed by atoms with van der Waals surface area (Å²) in [6.07, 6.45) is 1.92. The first kappa shape index (κ1) is 10.2. The molecule has 0 fully saturated rings. The highest BCUT2D eigenvalue weighted by Gasteiger charge is 2.16. The minimum atomic E-state index is 0.453. The first-order chi connectivity index (χ1) is 7.20. The van der Waals surface area contributed by atoms with E-state index in [0.717, 1.165) is 37.3 Å². The van der Waals surface area contributed by atoms with Gasteiger partial charge in [-0.05, 0) is 18.4 Å². The number of aromatic nitrogens is 2. The van der Waals surface area contributed by atoms with Gasteiger partial charge in [0.2, 0.25) is 6.41 Å². The first-order valence-electron chi connectivity index (χ1n) is 5.46. The largest absolute Gasteiger partial charge is 0.339 e. The van der Waals surface area contributed by atoms with Crippen molar-refractivity contribution in [2.24, 2.45) is 0 Å². The number of aryl methyl sites for hydroxylation is 1. The second kappa shape index (κ2) is 4.04. The quantitative estimate of drug-likeness (QED) is 0.687. The lowest BCUT2D eigenvalue weighted by Gasteiger charge is -2.12. The Morgan fingerprint density at radius 3 is 2.93 bits per heavy atom. The van der Waals surface area contributed by atoms with E-state index in [1.165, 1.54) is 0 Å². The van der Waals surface area contributed by atoms with Gasteiger partial charge in [-0.2, -0.15) is 5.10 Å². The number of amides is 1. The minimum Gasteiger partial charge on any atom is -0.339 e. The summed E-state index contributed by atoms with van der Waals surface area (Å²) in [6, 6.07) is 2.12. The van der Waals surface area contributed by atoms with Crippen molar-refractivity contribution in [3.8, 4) is 0 Å². The van der Waals surface area contributed by atoms with Gasteiger partial charge in [-0.3, -0.25) is 9.48 Å². The maximum Gasteiger partial charge on any atom is 0.210 e. The fraction of sp³-hybridized carbons (Fsp3) is 0.636. The summed E-state index contributed by atoms with van der Waals surface area (Å²) >= 11 is 0. The van der Waals surface area contributed by atoms with Crippen LogP contribution in [0.1, 0.15) is 37.6 Å². The van der Waals surface area contributed by atoms with Gasteiger partial charge in [0, 0.05) is 13.1 Å². The molecule has 4 nitrogen and oxygen atoms in total. The second-order valence-electron chi connectivity index (χ2n) is 4.37. The molecule has 0 saturated heterocycles. The molecule has 4 heteroatoms. The number of rotatable bonds is 2. The zero-order valence-electron chi connectivity index (χ0n) is 9.31. The summed E-state index contributed by atoms with van der Waals surface area (Å²) in [5.74, 6) is 0.453. The molecule has 0 unspecified atom stereocenters. The van der Waals surface area contributed by atoms with Crippen LogP contribution in [0.2, 0.25) is 0 Å². The minimum absolute atomic E-state index is 0.453. The monoisotopic (exact) mass is 207 g/mol. The topological polar surface area (TPSA) is 38.1 Å². The Hall–Kier alpha value is -1.32. The van der Waals surface area contributed by atoms with Gasteiger partial charge < -0.3 is 4.90 Å². The molecule has 0 spiro atoms. The maximum absolute atomic E-state index is 10.8. The molecular formula is C11H17N3O. The van der Waals surface area contributed by atoms with Crippen molar-refractivity contribution in [3.05, 3.63) is 17.5 Å². The summed E-state index contributed by atoms with van der Waals surface area (Å²) in [7, 11) is 0. The van der Waals surface area contributed by atoms with Gasteiger partial charge in [0.1, 0.15) is 0 Å². The highest BCUT2D eigenvalue weighted by Crippen LogP contribution is 2.17. The summed E-state index contributed by atoms with van der Waals surface area (Å²) in [6.45, 7) is 6.74. The number of fused-ring (bicyclic) bond motifs is 1. The van der Waals surface area contributed by atoms with Crippen molar-refractivity contribution in [3.63, 3.8) is 0 Å². The van der Waals surface area contributed by atoms with E-state index in [-0.39, 0.29) is 0 Å². The van der Waals surface area contributed by atoms with Crippen molar-refractivity contribution in [2.45, 2.75) is 39.3 Å². The van der Waals surface area contributed by atoms with Gasteiger partial charge in [-0.1, -0.05) is 13.8 Å². The van der Waals surface area contributed by atoms with E-state index < -0.39 is 0 Å². The predicted octanol–water partition coefficient (Wildman–Crippen LogP) is 1.37. The molecule has 0 aromatic carbocycles. The Morgan fingerprint density at radius 2 is 2.27 bits per heavy atom. The number of carbonyl (C=O) groups excluding carboxylic acids is 1. The molecule has 0 bridgehead atoms. The van der Waals surface area contributed by atoms with Crippen LogP contribution in [0, 0.1) is 0 Å². The Bertz CT molecular complexity index is 357. The zero-order valence-corrected chi connectivity index (χ0v) is 9.31. The molecule has 0 atom stereocenters. The Balaban J connectivity index is 2.26. The van der Waals surface area contributed by atoms with E-state index >= 15 is 0 Å². The molecule has 0 radical (unpaired) electrons. The van der Waals surface area contributed by atoms with Crippen LogP contribution < -0.4 is 0 Å². The smallest absolute Gasteiger partial charge is 0.210 e. The van der Waals surface area contributed by atoms with Crippen LogP contribution >= 0.6 is 0 Å². The highest BCUT2D eigenvalue weighted by molar-refractivity contribution is 5.47. The van der Waals surface area contributed by atoms with E-state index in [1.807, 2.05) is 9.58 Å². The molecule has 1 amide bonds. The van der Waals surface area contributed by atoms with E-state index in [4.69, 9.17) is 0 Å². The fourth-order valence-corrected chi connectivity index (χ4v) is 1.88. The van der Waals surface area contributed by atoms with Gasteiger partial charge in [0.05, 0.1) is 17.9 Å². The summed E-state index contributed by atoms with van der Waals surface area (Å²) in [5, 5.41) is 4.55. The van der Waals surface area contributed by atoms with Crippen LogP contribution in [0.4, 0.5) is 0 Å². The molecule has 82 valence electrons. The van der Waals surface area contributed by atoms with Crippen molar-refractivity contribution < 1.29 is 4.79 Å². The molecule has 2 heterocycles. The van der Waals surface area contributed by atoms with Gasteiger partial charge in [0.25, 0.3) is 0 Å². The van der Waals surface area contributed by atoms with Crippen LogP contribution in [0.25, 0.3) is 0 Å². The average molecular weight is 207 g/mol. The van der Waals surface area contributed by atoms with Crippen molar-refractivity contribution in [1.29, 1.82) is 0 Å². The molecule has 1 aliphatic heterocycles. The average Bonchev–Trinajstić information content (AvgIpc) is 2.51. The summed E-state index contributed by atoms with van der Waals surface area (Å²) in [5.41, 5.74) is 2.28. The van der Waals surface area contributed by atoms with Gasteiger partial charge in [0.15, 0.2) is 0 Å². The van der Waals surface area contributed by atoms with Gasteiger partial charge >= 0.3 is 0 Å². The van der Waals surface area contributed by atoms with Crippen molar-refractivity contribution >= 4 is 6.41 Å². The number of hydrogen-bond donors (Lipinski definition) is 0. The molecule has 0 N–H and O–H groups in total. The Kier molecular flexibility index (Phi) is 2.75. The Morgan fingerprint density at radius 1 is 1.47 bits per heavy atom. The molecule has 1 aliphatic rings. The van der Waals surface area contributed by atoms with E-state index in [0.29, 0.717) is 12.5 Å². The third-order valence-corrected chi connectivity index (χ3v) is 2.80. The SMILES string of the molecule is CC(C)c1cc2n(n1)CCCN(C=O)C2. The third-order valence-electron chi connectivity index (χ3n) is 2.80. The lowest BCUT2D eigenvalue weighted by Crippen LogP contribution is -2.20. The maximum atomic E-state index is 10.8. The first-order valence-corrected chi connectivity index (χ1v) is 5.46. The van der Waals surface area contributed by atoms with Crippen molar-refractivity contribution in [1.82, 2.24) is 14.7 Å². The summed E-state index contributed by atoms with van der Waals surface area (Å²) in [4.78, 5) is 12.6. The highest BCUT2D eigenvalue weighted by atomic mass is 16.1. The predicted molar refractivity (Wildman–Crippen MR) is 57.4 cm³/mol. The van der Waals surface area contributed by atoms with E-state index in [2.05, 4.69) is 25.0 Å².